The van der Waals surface area contributed by atoms with Crippen LogP contribution in [0.2, 0.25) is 0 Å². The van der Waals surface area contributed by atoms with Crippen molar-refractivity contribution in [2.45, 2.75) is 26.8 Å². The maximum atomic E-state index is 12.8. The molecule has 0 radical (unpaired) electrons. The van der Waals surface area contributed by atoms with Crippen molar-refractivity contribution < 1.29 is 9.50 Å². The van der Waals surface area contributed by atoms with Crippen LogP contribution < -0.4 is 0 Å². The predicted molar refractivity (Wildman–Crippen MR) is 64.4 cm³/mol. The van der Waals surface area contributed by atoms with Gasteiger partial charge in [-0.3, -0.25) is 4.68 Å². The number of benzene rings is 1. The molecule has 1 heterocycles. The second-order valence-corrected chi connectivity index (χ2v) is 4.33. The zero-order valence-corrected chi connectivity index (χ0v) is 10.1. The highest BCUT2D eigenvalue weighted by Gasteiger charge is 2.16. The first-order valence-electron chi connectivity index (χ1n) is 5.54. The monoisotopic (exact) mass is 234 g/mol. The minimum atomic E-state index is -0.298. The summed E-state index contributed by atoms with van der Waals surface area (Å²) < 4.78 is 14.6. The van der Waals surface area contributed by atoms with Crippen LogP contribution in [0.1, 0.15) is 25.6 Å². The zero-order chi connectivity index (χ0) is 12.6. The van der Waals surface area contributed by atoms with Gasteiger partial charge in [0, 0.05) is 11.6 Å². The molecule has 0 spiro atoms. The van der Waals surface area contributed by atoms with Crippen molar-refractivity contribution in [3.05, 3.63) is 35.8 Å². The normalized spacial score (nSPS) is 11.1. The highest BCUT2D eigenvalue weighted by Crippen LogP contribution is 2.32. The number of rotatable bonds is 2. The van der Waals surface area contributed by atoms with Gasteiger partial charge in [-0.05, 0) is 45.0 Å². The summed E-state index contributed by atoms with van der Waals surface area (Å²) in [5.41, 5.74) is 1.93. The summed E-state index contributed by atoms with van der Waals surface area (Å²) in [5.74, 6) is -0.140. The summed E-state index contributed by atoms with van der Waals surface area (Å²) >= 11 is 0. The van der Waals surface area contributed by atoms with Gasteiger partial charge in [0.2, 0.25) is 0 Å². The second-order valence-electron chi connectivity index (χ2n) is 4.33. The van der Waals surface area contributed by atoms with Gasteiger partial charge in [-0.1, -0.05) is 0 Å². The average Bonchev–Trinajstić information content (AvgIpc) is 2.58. The molecule has 1 N–H and O–H groups in total. The van der Waals surface area contributed by atoms with Crippen LogP contribution >= 0.6 is 0 Å². The lowest BCUT2D eigenvalue weighted by molar-refractivity contribution is 0.461. The fraction of sp³-hybridized carbons (Fsp3) is 0.308. The number of nitrogens with zero attached hydrogens (tertiary/aromatic N) is 2. The Hall–Kier alpha value is -1.84. The molecule has 90 valence electrons. The van der Waals surface area contributed by atoms with E-state index >= 15 is 0 Å². The number of hydrogen-bond acceptors (Lipinski definition) is 2. The summed E-state index contributed by atoms with van der Waals surface area (Å²) in [7, 11) is 0. The lowest BCUT2D eigenvalue weighted by atomic mass is 10.1. The first kappa shape index (κ1) is 11.6. The Morgan fingerprint density at radius 1 is 1.24 bits per heavy atom. The smallest absolute Gasteiger partial charge is 0.164 e. The van der Waals surface area contributed by atoms with E-state index in [1.807, 2.05) is 20.8 Å². The fourth-order valence-electron chi connectivity index (χ4n) is 1.81. The number of aromatic hydroxyl groups is 1. The molecule has 0 fully saturated rings. The van der Waals surface area contributed by atoms with Crippen molar-refractivity contribution >= 4 is 0 Å². The fourth-order valence-corrected chi connectivity index (χ4v) is 1.81. The second kappa shape index (κ2) is 4.20. The van der Waals surface area contributed by atoms with E-state index in [2.05, 4.69) is 5.10 Å². The van der Waals surface area contributed by atoms with E-state index in [4.69, 9.17) is 0 Å². The van der Waals surface area contributed by atoms with Gasteiger partial charge in [0.1, 0.15) is 11.5 Å². The highest BCUT2D eigenvalue weighted by molar-refractivity contribution is 5.66. The number of aromatic nitrogens is 2. The first-order valence-corrected chi connectivity index (χ1v) is 5.54. The molecule has 0 amide bonds. The molecule has 4 heteroatoms. The van der Waals surface area contributed by atoms with Gasteiger partial charge in [-0.15, -0.1) is 0 Å². The molecule has 0 atom stereocenters. The van der Waals surface area contributed by atoms with Crippen LogP contribution in [-0.2, 0) is 0 Å². The molecule has 0 aliphatic rings. The van der Waals surface area contributed by atoms with Crippen LogP contribution in [0.4, 0.5) is 4.39 Å². The van der Waals surface area contributed by atoms with E-state index in [9.17, 15) is 9.50 Å². The highest BCUT2D eigenvalue weighted by atomic mass is 19.1. The Balaban J connectivity index is 2.53. The molecular formula is C13H15FN2O. The molecule has 0 bridgehead atoms. The largest absolute Gasteiger partial charge is 0.504 e. The quantitative estimate of drug-likeness (QED) is 0.865. The average molecular weight is 234 g/mol. The van der Waals surface area contributed by atoms with Gasteiger partial charge < -0.3 is 5.11 Å². The Morgan fingerprint density at radius 2 is 1.82 bits per heavy atom. The zero-order valence-electron chi connectivity index (χ0n) is 10.1. The summed E-state index contributed by atoms with van der Waals surface area (Å²) in [6.45, 7) is 5.80. The predicted octanol–water partition coefficient (Wildman–Crippen LogP) is 3.28. The molecule has 3 nitrogen and oxygen atoms in total. The van der Waals surface area contributed by atoms with Crippen LogP contribution in [0.25, 0.3) is 11.3 Å². The molecule has 0 saturated heterocycles. The van der Waals surface area contributed by atoms with Crippen LogP contribution in [-0.4, -0.2) is 14.9 Å². The lowest BCUT2D eigenvalue weighted by Crippen LogP contribution is -2.04. The van der Waals surface area contributed by atoms with Crippen molar-refractivity contribution in [3.63, 3.8) is 0 Å². The van der Waals surface area contributed by atoms with Gasteiger partial charge >= 0.3 is 0 Å². The summed E-state index contributed by atoms with van der Waals surface area (Å²) in [4.78, 5) is 0. The van der Waals surface area contributed by atoms with Crippen LogP contribution in [0.15, 0.2) is 24.3 Å². The number of hydrogen-bond donors (Lipinski definition) is 1. The third-order valence-electron chi connectivity index (χ3n) is 2.73. The molecule has 0 aliphatic carbocycles. The molecular weight excluding hydrogens is 219 g/mol. The van der Waals surface area contributed by atoms with Crippen LogP contribution in [0.5, 0.6) is 5.75 Å². The summed E-state index contributed by atoms with van der Waals surface area (Å²) in [5, 5.41) is 14.4. The van der Waals surface area contributed by atoms with Crippen molar-refractivity contribution in [1.82, 2.24) is 9.78 Å². The summed E-state index contributed by atoms with van der Waals surface area (Å²) in [6.07, 6.45) is 0. The van der Waals surface area contributed by atoms with Crippen molar-refractivity contribution in [1.29, 1.82) is 0 Å². The van der Waals surface area contributed by atoms with Crippen molar-refractivity contribution in [2.24, 2.45) is 0 Å². The minimum absolute atomic E-state index is 0.158. The summed E-state index contributed by atoms with van der Waals surface area (Å²) in [6, 6.07) is 6.12. The van der Waals surface area contributed by atoms with Crippen molar-refractivity contribution in [2.75, 3.05) is 0 Å². The van der Waals surface area contributed by atoms with Crippen molar-refractivity contribution in [3.8, 4) is 17.0 Å². The third-order valence-corrected chi connectivity index (χ3v) is 2.73. The topological polar surface area (TPSA) is 38.1 Å². The molecule has 2 rings (SSSR count). The van der Waals surface area contributed by atoms with E-state index < -0.39 is 0 Å². The van der Waals surface area contributed by atoms with Gasteiger partial charge in [0.15, 0.2) is 5.75 Å². The van der Waals surface area contributed by atoms with E-state index in [-0.39, 0.29) is 17.6 Å². The van der Waals surface area contributed by atoms with E-state index in [1.54, 1.807) is 16.8 Å². The molecule has 1 aromatic carbocycles. The Labute approximate surface area is 99.5 Å². The Bertz CT molecular complexity index is 529. The van der Waals surface area contributed by atoms with E-state index in [0.29, 0.717) is 11.3 Å². The Morgan fingerprint density at radius 3 is 2.29 bits per heavy atom. The van der Waals surface area contributed by atoms with Gasteiger partial charge in [0.25, 0.3) is 0 Å². The third kappa shape index (κ3) is 2.02. The maximum Gasteiger partial charge on any atom is 0.164 e. The van der Waals surface area contributed by atoms with Gasteiger partial charge in [-0.2, -0.15) is 5.10 Å². The first-order chi connectivity index (χ1) is 8.00. The Kier molecular flexibility index (Phi) is 2.88. The van der Waals surface area contributed by atoms with Gasteiger partial charge in [-0.25, -0.2) is 4.39 Å². The van der Waals surface area contributed by atoms with Gasteiger partial charge in [0.05, 0.1) is 5.69 Å². The molecule has 2 aromatic rings. The van der Waals surface area contributed by atoms with Crippen LogP contribution in [0.3, 0.4) is 0 Å². The molecule has 1 aromatic heterocycles. The van der Waals surface area contributed by atoms with E-state index in [1.165, 1.54) is 12.1 Å². The number of halogens is 1. The lowest BCUT2D eigenvalue weighted by Gasteiger charge is -2.06. The SMILES string of the molecule is Cc1c(O)c(-c2ccc(F)cc2)nn1C(C)C. The molecule has 17 heavy (non-hydrogen) atoms. The maximum absolute atomic E-state index is 12.8. The molecule has 0 saturated carbocycles. The molecule has 0 unspecified atom stereocenters. The van der Waals surface area contributed by atoms with Crippen LogP contribution in [0, 0.1) is 12.7 Å². The van der Waals surface area contributed by atoms with E-state index in [0.717, 1.165) is 5.69 Å². The standard InChI is InChI=1S/C13H15FN2O/c1-8(2)16-9(3)13(17)12(15-16)10-4-6-11(14)7-5-10/h4-8,17H,1-3H3. The minimum Gasteiger partial charge on any atom is -0.504 e. The molecule has 0 aliphatic heterocycles.